The second kappa shape index (κ2) is 6.74. The van der Waals surface area contributed by atoms with Crippen LogP contribution in [0.5, 0.6) is 0 Å². The fraction of sp³-hybridized carbons (Fsp3) is 0.333. The van der Waals surface area contributed by atoms with Crippen LogP contribution in [0.25, 0.3) is 0 Å². The number of ether oxygens (including phenoxy) is 1. The van der Waals surface area contributed by atoms with Gasteiger partial charge >= 0.3 is 5.97 Å². The molecule has 1 rings (SSSR count). The monoisotopic (exact) mass is 246 g/mol. The van der Waals surface area contributed by atoms with Crippen LogP contribution in [0.4, 0.5) is 0 Å². The molecule has 0 N–H and O–H groups in total. The first-order chi connectivity index (χ1) is 8.54. The van der Waals surface area contributed by atoms with Crippen molar-refractivity contribution in [1.82, 2.24) is 0 Å². The molecule has 3 heteroatoms. The molecule has 0 heterocycles. The predicted molar refractivity (Wildman–Crippen MR) is 70.6 cm³/mol. The van der Waals surface area contributed by atoms with E-state index in [4.69, 9.17) is 4.74 Å². The first kappa shape index (κ1) is 14.2. The fourth-order valence-corrected chi connectivity index (χ4v) is 1.46. The van der Waals surface area contributed by atoms with E-state index in [1.807, 2.05) is 12.1 Å². The highest BCUT2D eigenvalue weighted by Gasteiger charge is 2.04. The van der Waals surface area contributed by atoms with Crippen LogP contribution in [0, 0.1) is 0 Å². The number of rotatable bonds is 5. The molecule has 96 valence electrons. The topological polar surface area (TPSA) is 43.4 Å². The Hall–Kier alpha value is -1.90. The third kappa shape index (κ3) is 4.17. The maximum absolute atomic E-state index is 11.7. The van der Waals surface area contributed by atoms with Gasteiger partial charge in [0.25, 0.3) is 0 Å². The lowest BCUT2D eigenvalue weighted by Crippen LogP contribution is -2.01. The van der Waals surface area contributed by atoms with Crippen LogP contribution < -0.4 is 0 Å². The van der Waals surface area contributed by atoms with Crippen molar-refractivity contribution in [2.45, 2.75) is 26.7 Å². The van der Waals surface area contributed by atoms with Gasteiger partial charge in [0.2, 0.25) is 0 Å². The van der Waals surface area contributed by atoms with Gasteiger partial charge in [-0.2, -0.15) is 0 Å². The Labute approximate surface area is 107 Å². The van der Waals surface area contributed by atoms with Crippen LogP contribution in [0.3, 0.4) is 0 Å². The molecule has 0 aliphatic rings. The van der Waals surface area contributed by atoms with E-state index in [2.05, 4.69) is 13.8 Å². The zero-order valence-corrected chi connectivity index (χ0v) is 11.0. The Morgan fingerprint density at radius 2 is 1.78 bits per heavy atom. The maximum atomic E-state index is 11.7. The highest BCUT2D eigenvalue weighted by atomic mass is 16.5. The molecule has 0 spiro atoms. The van der Waals surface area contributed by atoms with E-state index in [9.17, 15) is 9.59 Å². The number of carbonyl (C=O) groups excluding carboxylic acids is 2. The average Bonchev–Trinajstić information content (AvgIpc) is 2.36. The molecule has 18 heavy (non-hydrogen) atoms. The van der Waals surface area contributed by atoms with Gasteiger partial charge in [-0.1, -0.05) is 38.1 Å². The van der Waals surface area contributed by atoms with Crippen molar-refractivity contribution in [1.29, 1.82) is 0 Å². The second-order valence-electron chi connectivity index (χ2n) is 4.23. The molecule has 3 nitrogen and oxygen atoms in total. The van der Waals surface area contributed by atoms with Crippen molar-refractivity contribution in [2.75, 3.05) is 6.61 Å². The van der Waals surface area contributed by atoms with E-state index in [1.54, 1.807) is 19.1 Å². The van der Waals surface area contributed by atoms with E-state index in [-0.39, 0.29) is 5.78 Å². The van der Waals surface area contributed by atoms with Crippen LogP contribution >= 0.6 is 0 Å². The molecule has 1 aromatic carbocycles. The molecule has 0 aliphatic carbocycles. The van der Waals surface area contributed by atoms with E-state index < -0.39 is 5.97 Å². The summed E-state index contributed by atoms with van der Waals surface area (Å²) < 4.78 is 4.70. The molecule has 0 unspecified atom stereocenters. The van der Waals surface area contributed by atoms with Crippen molar-refractivity contribution in [3.63, 3.8) is 0 Å². The molecule has 0 aromatic heterocycles. The molecule has 0 saturated carbocycles. The van der Waals surface area contributed by atoms with Gasteiger partial charge in [0, 0.05) is 11.6 Å². The number of allylic oxidation sites excluding steroid dienone is 1. The largest absolute Gasteiger partial charge is 0.463 e. The summed E-state index contributed by atoms with van der Waals surface area (Å²) in [5, 5.41) is 0. The van der Waals surface area contributed by atoms with Gasteiger partial charge < -0.3 is 4.74 Å². The number of esters is 1. The summed E-state index contributed by atoms with van der Waals surface area (Å²) >= 11 is 0. The molecule has 0 saturated heterocycles. The SMILES string of the molecule is CCOC(=O)C=CC(=O)c1ccc(C(C)C)cc1. The Bertz CT molecular complexity index is 441. The van der Waals surface area contributed by atoms with Crippen molar-refractivity contribution in [3.8, 4) is 0 Å². The lowest BCUT2D eigenvalue weighted by molar-refractivity contribution is -0.137. The minimum Gasteiger partial charge on any atom is -0.463 e. The number of ketones is 1. The summed E-state index contributed by atoms with van der Waals surface area (Å²) in [6, 6.07) is 7.40. The summed E-state index contributed by atoms with van der Waals surface area (Å²) in [7, 11) is 0. The Kier molecular flexibility index (Phi) is 5.31. The predicted octanol–water partition coefficient (Wildman–Crippen LogP) is 3.11. The van der Waals surface area contributed by atoms with Crippen molar-refractivity contribution >= 4 is 11.8 Å². The van der Waals surface area contributed by atoms with Crippen LogP contribution in [0.1, 0.15) is 42.6 Å². The number of carbonyl (C=O) groups is 2. The molecule has 0 atom stereocenters. The summed E-state index contributed by atoms with van der Waals surface area (Å²) in [6.45, 7) is 6.22. The van der Waals surface area contributed by atoms with E-state index in [0.717, 1.165) is 6.08 Å². The maximum Gasteiger partial charge on any atom is 0.330 e. The van der Waals surface area contributed by atoms with Gasteiger partial charge in [-0.05, 0) is 24.5 Å². The Balaban J connectivity index is 2.70. The van der Waals surface area contributed by atoms with E-state index in [0.29, 0.717) is 18.1 Å². The zero-order valence-electron chi connectivity index (χ0n) is 11.0. The quantitative estimate of drug-likeness (QED) is 0.455. The van der Waals surface area contributed by atoms with Crippen molar-refractivity contribution in [3.05, 3.63) is 47.5 Å². The third-order valence-electron chi connectivity index (χ3n) is 2.52. The standard InChI is InChI=1S/C15H18O3/c1-4-18-15(17)10-9-14(16)13-7-5-12(6-8-13)11(2)3/h5-11H,4H2,1-3H3. The van der Waals surface area contributed by atoms with Gasteiger partial charge in [-0.15, -0.1) is 0 Å². The smallest absolute Gasteiger partial charge is 0.330 e. The first-order valence-corrected chi connectivity index (χ1v) is 6.03. The summed E-state index contributed by atoms with van der Waals surface area (Å²) in [4.78, 5) is 22.8. The van der Waals surface area contributed by atoms with Crippen molar-refractivity contribution < 1.29 is 14.3 Å². The third-order valence-corrected chi connectivity index (χ3v) is 2.52. The van der Waals surface area contributed by atoms with Gasteiger partial charge in [0.15, 0.2) is 5.78 Å². The number of hydrogen-bond donors (Lipinski definition) is 0. The minimum atomic E-state index is -0.496. The number of benzene rings is 1. The first-order valence-electron chi connectivity index (χ1n) is 6.03. The van der Waals surface area contributed by atoms with Crippen LogP contribution in [0.15, 0.2) is 36.4 Å². The lowest BCUT2D eigenvalue weighted by Gasteiger charge is -2.05. The van der Waals surface area contributed by atoms with Crippen molar-refractivity contribution in [2.24, 2.45) is 0 Å². The van der Waals surface area contributed by atoms with Crippen LogP contribution in [-0.4, -0.2) is 18.4 Å². The van der Waals surface area contributed by atoms with E-state index in [1.165, 1.54) is 11.6 Å². The Morgan fingerprint density at radius 3 is 2.28 bits per heavy atom. The van der Waals surface area contributed by atoms with Gasteiger partial charge in [0.05, 0.1) is 6.61 Å². The van der Waals surface area contributed by atoms with E-state index >= 15 is 0 Å². The second-order valence-corrected chi connectivity index (χ2v) is 4.23. The van der Waals surface area contributed by atoms with Gasteiger partial charge in [-0.25, -0.2) is 4.79 Å². The summed E-state index contributed by atoms with van der Waals surface area (Å²) in [5.74, 6) is -0.257. The Morgan fingerprint density at radius 1 is 1.17 bits per heavy atom. The molecule has 0 fully saturated rings. The zero-order chi connectivity index (χ0) is 13.5. The number of hydrogen-bond acceptors (Lipinski definition) is 3. The molecule has 0 amide bonds. The normalized spacial score (nSPS) is 10.9. The molecule has 0 bridgehead atoms. The molecular formula is C15H18O3. The summed E-state index contributed by atoms with van der Waals surface area (Å²) in [6.07, 6.45) is 2.39. The van der Waals surface area contributed by atoms with Crippen LogP contribution in [0.2, 0.25) is 0 Å². The summed E-state index contributed by atoms with van der Waals surface area (Å²) in [5.41, 5.74) is 1.75. The highest BCUT2D eigenvalue weighted by Crippen LogP contribution is 2.15. The molecule has 0 radical (unpaired) electrons. The lowest BCUT2D eigenvalue weighted by atomic mass is 10.0. The van der Waals surface area contributed by atoms with Gasteiger partial charge in [-0.3, -0.25) is 4.79 Å². The molecular weight excluding hydrogens is 228 g/mol. The fourth-order valence-electron chi connectivity index (χ4n) is 1.46. The highest BCUT2D eigenvalue weighted by molar-refractivity contribution is 6.06. The van der Waals surface area contributed by atoms with Crippen LogP contribution in [-0.2, 0) is 9.53 Å². The van der Waals surface area contributed by atoms with Gasteiger partial charge in [0.1, 0.15) is 0 Å². The molecule has 1 aromatic rings. The average molecular weight is 246 g/mol. The molecule has 0 aliphatic heterocycles. The minimum absolute atomic E-state index is 0.196.